The fourth-order valence-corrected chi connectivity index (χ4v) is 5.06. The highest BCUT2D eigenvalue weighted by Crippen LogP contribution is 2.36. The first kappa shape index (κ1) is 24.7. The van der Waals surface area contributed by atoms with E-state index in [4.69, 9.17) is 28.0 Å². The van der Waals surface area contributed by atoms with E-state index in [1.807, 2.05) is 84.8 Å². The minimum Gasteiger partial charge on any atom is -0.381 e. The van der Waals surface area contributed by atoms with E-state index in [-0.39, 0.29) is 23.7 Å². The lowest BCUT2D eigenvalue weighted by Crippen LogP contribution is -2.45. The van der Waals surface area contributed by atoms with E-state index in [0.717, 1.165) is 37.2 Å². The van der Waals surface area contributed by atoms with Crippen LogP contribution < -0.4 is 5.32 Å². The monoisotopic (exact) mass is 496 g/mol. The van der Waals surface area contributed by atoms with Crippen molar-refractivity contribution < 1.29 is 9.63 Å². The van der Waals surface area contributed by atoms with Crippen LogP contribution >= 0.6 is 23.2 Å². The Morgan fingerprint density at radius 1 is 0.971 bits per heavy atom. The molecule has 0 bridgehead atoms. The van der Waals surface area contributed by atoms with E-state index in [1.165, 1.54) is 0 Å². The van der Waals surface area contributed by atoms with Crippen LogP contribution in [0.5, 0.6) is 0 Å². The smallest absolute Gasteiger partial charge is 0.172 e. The molecule has 6 heteroatoms. The summed E-state index contributed by atoms with van der Waals surface area (Å²) in [4.78, 5) is 19.7. The van der Waals surface area contributed by atoms with Crippen molar-refractivity contribution >= 4 is 34.7 Å². The van der Waals surface area contributed by atoms with Gasteiger partial charge in [-0.2, -0.15) is 5.06 Å². The van der Waals surface area contributed by atoms with Gasteiger partial charge in [-0.25, -0.2) is 0 Å². The van der Waals surface area contributed by atoms with Crippen LogP contribution in [0.15, 0.2) is 78.9 Å². The molecule has 3 aromatic rings. The van der Waals surface area contributed by atoms with Gasteiger partial charge < -0.3 is 5.32 Å². The van der Waals surface area contributed by atoms with E-state index < -0.39 is 0 Å². The van der Waals surface area contributed by atoms with Crippen molar-refractivity contribution in [2.45, 2.75) is 31.7 Å². The molecular weight excluding hydrogens is 467 g/mol. The maximum Gasteiger partial charge on any atom is 0.172 e. The lowest BCUT2D eigenvalue weighted by molar-refractivity contribution is -0.170. The summed E-state index contributed by atoms with van der Waals surface area (Å²) in [6, 6.07) is 25.0. The molecule has 178 valence electrons. The Labute approximate surface area is 211 Å². The number of rotatable bonds is 9. The Kier molecular flexibility index (Phi) is 8.63. The summed E-state index contributed by atoms with van der Waals surface area (Å²) >= 11 is 12.5. The highest BCUT2D eigenvalue weighted by atomic mass is 35.5. The standard InChI is InChI=1S/C28H30Cl2N2O2/c1-2-34-32-17-15-21(16-18-32)27(31-23-13-14-24(29)25(30)19-23)26(20-9-5-3-6-10-20)28(33)22-11-7-4-8-12-22/h3-14,19,21,26-27,31H,2,15-18H2,1H3. The summed E-state index contributed by atoms with van der Waals surface area (Å²) in [6.07, 6.45) is 1.84. The highest BCUT2D eigenvalue weighted by Gasteiger charge is 2.37. The normalized spacial score (nSPS) is 16.7. The first-order valence-electron chi connectivity index (χ1n) is 11.8. The average molecular weight is 497 g/mol. The second-order valence-corrected chi connectivity index (χ2v) is 9.42. The van der Waals surface area contributed by atoms with Gasteiger partial charge in [0.25, 0.3) is 0 Å². The van der Waals surface area contributed by atoms with E-state index in [9.17, 15) is 4.79 Å². The molecule has 1 saturated heterocycles. The molecule has 0 radical (unpaired) electrons. The number of anilines is 1. The lowest BCUT2D eigenvalue weighted by Gasteiger charge is -2.39. The van der Waals surface area contributed by atoms with Crippen LogP contribution in [0.1, 0.15) is 41.6 Å². The Balaban J connectivity index is 1.72. The number of benzene rings is 3. The predicted molar refractivity (Wildman–Crippen MR) is 140 cm³/mol. The van der Waals surface area contributed by atoms with Gasteiger partial charge in [-0.1, -0.05) is 83.9 Å². The maximum absolute atomic E-state index is 14.0. The Morgan fingerprint density at radius 3 is 2.24 bits per heavy atom. The number of carbonyl (C=O) groups excluding carboxylic acids is 1. The number of halogens is 2. The zero-order valence-electron chi connectivity index (χ0n) is 19.3. The third-order valence-corrected chi connectivity index (χ3v) is 7.17. The number of carbonyl (C=O) groups is 1. The van der Waals surface area contributed by atoms with E-state index in [0.29, 0.717) is 22.2 Å². The third kappa shape index (κ3) is 6.00. The van der Waals surface area contributed by atoms with Crippen LogP contribution in [-0.4, -0.2) is 36.6 Å². The summed E-state index contributed by atoms with van der Waals surface area (Å²) in [5.41, 5.74) is 2.57. The number of nitrogens with one attached hydrogen (secondary N) is 1. The summed E-state index contributed by atoms with van der Waals surface area (Å²) < 4.78 is 0. The van der Waals surface area contributed by atoms with E-state index >= 15 is 0 Å². The number of piperidine rings is 1. The van der Waals surface area contributed by atoms with Gasteiger partial charge in [0.15, 0.2) is 5.78 Å². The minimum absolute atomic E-state index is 0.108. The third-order valence-electron chi connectivity index (χ3n) is 6.43. The van der Waals surface area contributed by atoms with E-state index in [1.54, 1.807) is 6.07 Å². The van der Waals surface area contributed by atoms with E-state index in [2.05, 4.69) is 5.32 Å². The van der Waals surface area contributed by atoms with Gasteiger partial charge >= 0.3 is 0 Å². The SMILES string of the molecule is CCON1CCC(C(Nc2ccc(Cl)c(Cl)c2)C(C(=O)c2ccccc2)c2ccccc2)CC1. The topological polar surface area (TPSA) is 41.6 Å². The molecule has 0 spiro atoms. The van der Waals surface area contributed by atoms with Gasteiger partial charge in [-0.3, -0.25) is 9.63 Å². The number of Topliss-reactive ketones (excluding diaryl/α,β-unsaturated/α-hetero) is 1. The lowest BCUT2D eigenvalue weighted by atomic mass is 9.76. The number of ketones is 1. The quantitative estimate of drug-likeness (QED) is 0.320. The van der Waals surface area contributed by atoms with Crippen LogP contribution in [-0.2, 0) is 4.84 Å². The van der Waals surface area contributed by atoms with Crippen LogP contribution in [0.3, 0.4) is 0 Å². The number of hydroxylamine groups is 2. The maximum atomic E-state index is 14.0. The molecule has 1 N–H and O–H groups in total. The van der Waals surface area contributed by atoms with Crippen molar-refractivity contribution in [3.05, 3.63) is 100 Å². The van der Waals surface area contributed by atoms with Gasteiger partial charge in [-0.05, 0) is 49.4 Å². The molecule has 1 aliphatic heterocycles. The minimum atomic E-state index is -0.360. The van der Waals surface area contributed by atoms with Gasteiger partial charge in [0.05, 0.1) is 22.6 Å². The van der Waals surface area contributed by atoms with Crippen molar-refractivity contribution in [3.63, 3.8) is 0 Å². The van der Waals surface area contributed by atoms with Crippen LogP contribution in [0.25, 0.3) is 0 Å². The molecule has 1 heterocycles. The number of hydrogen-bond donors (Lipinski definition) is 1. The molecule has 1 fully saturated rings. The van der Waals surface area contributed by atoms with Crippen LogP contribution in [0.2, 0.25) is 10.0 Å². The Morgan fingerprint density at radius 2 is 1.62 bits per heavy atom. The zero-order valence-corrected chi connectivity index (χ0v) is 20.8. The van der Waals surface area contributed by atoms with Gasteiger partial charge in [0.1, 0.15) is 0 Å². The van der Waals surface area contributed by atoms with Crippen molar-refractivity contribution in [1.82, 2.24) is 5.06 Å². The fourth-order valence-electron chi connectivity index (χ4n) is 4.76. The van der Waals surface area contributed by atoms with Crippen molar-refractivity contribution in [1.29, 1.82) is 0 Å². The molecule has 4 rings (SSSR count). The zero-order chi connectivity index (χ0) is 23.9. The molecule has 0 saturated carbocycles. The van der Waals surface area contributed by atoms with Crippen molar-refractivity contribution in [2.24, 2.45) is 5.92 Å². The number of nitrogens with zero attached hydrogens (tertiary/aromatic N) is 1. The largest absolute Gasteiger partial charge is 0.381 e. The van der Waals surface area contributed by atoms with Gasteiger partial charge in [-0.15, -0.1) is 0 Å². The first-order valence-corrected chi connectivity index (χ1v) is 12.6. The summed E-state index contributed by atoms with van der Waals surface area (Å²) in [5, 5.41) is 6.72. The average Bonchev–Trinajstić information content (AvgIpc) is 2.87. The number of hydrogen-bond acceptors (Lipinski definition) is 4. The molecule has 34 heavy (non-hydrogen) atoms. The fraction of sp³-hybridized carbons (Fsp3) is 0.321. The molecule has 0 aliphatic carbocycles. The Hall–Kier alpha value is -2.37. The highest BCUT2D eigenvalue weighted by molar-refractivity contribution is 6.42. The molecule has 2 atom stereocenters. The molecule has 3 aromatic carbocycles. The first-order chi connectivity index (χ1) is 16.6. The molecule has 2 unspecified atom stereocenters. The summed E-state index contributed by atoms with van der Waals surface area (Å²) in [7, 11) is 0. The van der Waals surface area contributed by atoms with Crippen molar-refractivity contribution in [2.75, 3.05) is 25.0 Å². The molecular formula is C28H30Cl2N2O2. The van der Waals surface area contributed by atoms with Gasteiger partial charge in [0.2, 0.25) is 0 Å². The summed E-state index contributed by atoms with van der Waals surface area (Å²) in [5.74, 6) is 0.0160. The summed E-state index contributed by atoms with van der Waals surface area (Å²) in [6.45, 7) is 4.33. The predicted octanol–water partition coefficient (Wildman–Crippen LogP) is 7.10. The van der Waals surface area contributed by atoms with Crippen LogP contribution in [0.4, 0.5) is 5.69 Å². The molecule has 4 nitrogen and oxygen atoms in total. The van der Waals surface area contributed by atoms with Crippen LogP contribution in [0, 0.1) is 5.92 Å². The molecule has 0 aromatic heterocycles. The van der Waals surface area contributed by atoms with Gasteiger partial charge in [0, 0.05) is 30.4 Å². The van der Waals surface area contributed by atoms with Crippen molar-refractivity contribution in [3.8, 4) is 0 Å². The molecule has 1 aliphatic rings. The second kappa shape index (κ2) is 11.9. The Bertz CT molecular complexity index is 1070. The second-order valence-electron chi connectivity index (χ2n) is 8.60. The molecule has 0 amide bonds.